The maximum Gasteiger partial charge on any atom is 0.255 e. The average molecular weight is 405 g/mol. The van der Waals surface area contributed by atoms with E-state index in [4.69, 9.17) is 4.74 Å². The second-order valence-electron chi connectivity index (χ2n) is 6.26. The first kappa shape index (κ1) is 17.8. The van der Waals surface area contributed by atoms with E-state index in [-0.39, 0.29) is 5.91 Å². The molecule has 1 saturated heterocycles. The van der Waals surface area contributed by atoms with Crippen LogP contribution in [-0.4, -0.2) is 46.2 Å². The van der Waals surface area contributed by atoms with E-state index in [0.29, 0.717) is 11.3 Å². The average Bonchev–Trinajstić information content (AvgIpc) is 2.63. The van der Waals surface area contributed by atoms with Crippen molar-refractivity contribution in [2.75, 3.05) is 50.6 Å². The molecule has 25 heavy (non-hydrogen) atoms. The molecule has 0 aromatic heterocycles. The van der Waals surface area contributed by atoms with Gasteiger partial charge in [0.25, 0.3) is 5.91 Å². The van der Waals surface area contributed by atoms with E-state index < -0.39 is 0 Å². The summed E-state index contributed by atoms with van der Waals surface area (Å²) in [6.45, 7) is 4.20. The molecule has 1 aliphatic heterocycles. The first-order valence-electron chi connectivity index (χ1n) is 8.38. The molecule has 1 amide bonds. The van der Waals surface area contributed by atoms with Crippen molar-refractivity contribution in [2.45, 2.75) is 0 Å². The van der Waals surface area contributed by atoms with Gasteiger partial charge in [0.15, 0.2) is 0 Å². The Bertz CT molecular complexity index is 758. The van der Waals surface area contributed by atoms with Crippen LogP contribution in [0.3, 0.4) is 0 Å². The summed E-state index contributed by atoms with van der Waals surface area (Å²) in [5, 5.41) is 3.05. The highest BCUT2D eigenvalue weighted by atomic mass is 79.9. The molecule has 1 fully saturated rings. The van der Waals surface area contributed by atoms with Crippen molar-refractivity contribution in [3.05, 3.63) is 52.5 Å². The Labute approximate surface area is 156 Å². The van der Waals surface area contributed by atoms with Gasteiger partial charge in [-0.25, -0.2) is 0 Å². The Kier molecular flexibility index (Phi) is 5.60. The smallest absolute Gasteiger partial charge is 0.255 e. The molecule has 0 radical (unpaired) electrons. The SMILES string of the molecule is COc1ccc(C(=O)Nc2ccccc2N2CC[NH+](C)CC2)cc1Br. The van der Waals surface area contributed by atoms with Crippen molar-refractivity contribution in [3.8, 4) is 5.75 Å². The number of halogens is 1. The summed E-state index contributed by atoms with van der Waals surface area (Å²) in [7, 11) is 3.82. The Balaban J connectivity index is 1.79. The number of hydrogen-bond acceptors (Lipinski definition) is 3. The van der Waals surface area contributed by atoms with Gasteiger partial charge in [-0.05, 0) is 46.3 Å². The topological polar surface area (TPSA) is 46.0 Å². The first-order chi connectivity index (χ1) is 12.1. The third-order valence-electron chi connectivity index (χ3n) is 4.52. The highest BCUT2D eigenvalue weighted by Crippen LogP contribution is 2.28. The fraction of sp³-hybridized carbons (Fsp3) is 0.316. The van der Waals surface area contributed by atoms with Crippen molar-refractivity contribution < 1.29 is 14.4 Å². The van der Waals surface area contributed by atoms with Gasteiger partial charge in [-0.3, -0.25) is 4.79 Å². The number of anilines is 2. The van der Waals surface area contributed by atoms with Crippen LogP contribution < -0.4 is 19.9 Å². The third kappa shape index (κ3) is 4.14. The number of ether oxygens (including phenoxy) is 1. The quantitative estimate of drug-likeness (QED) is 0.819. The van der Waals surface area contributed by atoms with Gasteiger partial charge in [-0.2, -0.15) is 0 Å². The maximum atomic E-state index is 12.7. The number of carbonyl (C=O) groups excluding carboxylic acids is 1. The molecule has 132 valence electrons. The van der Waals surface area contributed by atoms with E-state index >= 15 is 0 Å². The highest BCUT2D eigenvalue weighted by molar-refractivity contribution is 9.10. The zero-order valence-corrected chi connectivity index (χ0v) is 16.1. The monoisotopic (exact) mass is 404 g/mol. The minimum atomic E-state index is -0.129. The second kappa shape index (κ2) is 7.89. The number of hydrogen-bond donors (Lipinski definition) is 2. The van der Waals surface area contributed by atoms with Gasteiger partial charge in [0.2, 0.25) is 0 Å². The molecule has 3 rings (SSSR count). The number of carbonyl (C=O) groups is 1. The zero-order chi connectivity index (χ0) is 17.8. The molecule has 2 aromatic carbocycles. The van der Waals surface area contributed by atoms with Crippen LogP contribution in [0, 0.1) is 0 Å². The van der Waals surface area contributed by atoms with Crippen LogP contribution in [0.1, 0.15) is 10.4 Å². The van der Waals surface area contributed by atoms with Gasteiger partial charge in [0.1, 0.15) is 5.75 Å². The van der Waals surface area contributed by atoms with Gasteiger partial charge >= 0.3 is 0 Å². The summed E-state index contributed by atoms with van der Waals surface area (Å²) < 4.78 is 5.98. The molecule has 6 heteroatoms. The molecule has 5 nitrogen and oxygen atoms in total. The van der Waals surface area contributed by atoms with E-state index in [2.05, 4.69) is 39.3 Å². The zero-order valence-electron chi connectivity index (χ0n) is 14.5. The molecule has 0 aliphatic carbocycles. The summed E-state index contributed by atoms with van der Waals surface area (Å²) in [6.07, 6.45) is 0. The lowest BCUT2D eigenvalue weighted by Gasteiger charge is -2.33. The lowest BCUT2D eigenvalue weighted by Crippen LogP contribution is -3.12. The lowest BCUT2D eigenvalue weighted by atomic mass is 10.1. The number of benzene rings is 2. The minimum absolute atomic E-state index is 0.129. The Hall–Kier alpha value is -2.05. The summed E-state index contributed by atoms with van der Waals surface area (Å²) in [5.41, 5.74) is 2.51. The normalized spacial score (nSPS) is 15.1. The fourth-order valence-electron chi connectivity index (χ4n) is 2.99. The molecule has 0 atom stereocenters. The summed E-state index contributed by atoms with van der Waals surface area (Å²) >= 11 is 3.43. The number of quaternary nitrogens is 1. The van der Waals surface area contributed by atoms with Crippen molar-refractivity contribution in [1.29, 1.82) is 0 Å². The molecule has 0 bridgehead atoms. The van der Waals surface area contributed by atoms with Crippen LogP contribution in [0.2, 0.25) is 0 Å². The number of methoxy groups -OCH3 is 1. The van der Waals surface area contributed by atoms with Gasteiger partial charge in [0, 0.05) is 5.56 Å². The van der Waals surface area contributed by atoms with Crippen LogP contribution in [0.25, 0.3) is 0 Å². The molecular weight excluding hydrogens is 382 g/mol. The predicted molar refractivity (Wildman–Crippen MR) is 104 cm³/mol. The number of para-hydroxylation sites is 2. The standard InChI is InChI=1S/C19H22BrN3O2/c1-22-9-11-23(12-10-22)17-6-4-3-5-16(17)21-19(24)14-7-8-18(25-2)15(20)13-14/h3-8,13H,9-12H2,1-2H3,(H,21,24)/p+1. The van der Waals surface area contributed by atoms with Gasteiger partial charge in [-0.1, -0.05) is 12.1 Å². The van der Waals surface area contributed by atoms with E-state index in [0.717, 1.165) is 42.0 Å². The minimum Gasteiger partial charge on any atom is -0.496 e. The largest absolute Gasteiger partial charge is 0.496 e. The molecular formula is C19H23BrN3O2+. The van der Waals surface area contributed by atoms with Crippen LogP contribution in [0.5, 0.6) is 5.75 Å². The number of likely N-dealkylation sites (N-methyl/N-ethyl adjacent to an activating group) is 1. The predicted octanol–water partition coefficient (Wildman–Crippen LogP) is 2.04. The summed E-state index contributed by atoms with van der Waals surface area (Å²) in [6, 6.07) is 13.3. The molecule has 1 heterocycles. The Morgan fingerprint density at radius 3 is 2.60 bits per heavy atom. The Morgan fingerprint density at radius 2 is 1.92 bits per heavy atom. The Morgan fingerprint density at radius 1 is 1.20 bits per heavy atom. The number of amides is 1. The number of nitrogens with one attached hydrogen (secondary N) is 2. The molecule has 0 unspecified atom stereocenters. The van der Waals surface area contributed by atoms with E-state index in [9.17, 15) is 4.79 Å². The van der Waals surface area contributed by atoms with Crippen LogP contribution in [0.4, 0.5) is 11.4 Å². The maximum absolute atomic E-state index is 12.7. The summed E-state index contributed by atoms with van der Waals surface area (Å²) in [4.78, 5) is 16.5. The van der Waals surface area contributed by atoms with Crippen molar-refractivity contribution in [2.24, 2.45) is 0 Å². The van der Waals surface area contributed by atoms with Crippen LogP contribution in [0.15, 0.2) is 46.9 Å². The first-order valence-corrected chi connectivity index (χ1v) is 9.18. The van der Waals surface area contributed by atoms with Crippen molar-refractivity contribution in [3.63, 3.8) is 0 Å². The molecule has 2 aromatic rings. The molecule has 0 saturated carbocycles. The lowest BCUT2D eigenvalue weighted by molar-refractivity contribution is -0.880. The number of piperazine rings is 1. The van der Waals surface area contributed by atoms with Gasteiger partial charge in [0.05, 0.1) is 56.2 Å². The number of rotatable bonds is 4. The van der Waals surface area contributed by atoms with E-state index in [1.165, 1.54) is 0 Å². The highest BCUT2D eigenvalue weighted by Gasteiger charge is 2.20. The molecule has 2 N–H and O–H groups in total. The van der Waals surface area contributed by atoms with Crippen molar-refractivity contribution in [1.82, 2.24) is 0 Å². The van der Waals surface area contributed by atoms with Gasteiger partial charge in [-0.15, -0.1) is 0 Å². The van der Waals surface area contributed by atoms with Crippen molar-refractivity contribution >= 4 is 33.2 Å². The molecule has 1 aliphatic rings. The van der Waals surface area contributed by atoms with Gasteiger partial charge < -0.3 is 19.9 Å². The third-order valence-corrected chi connectivity index (χ3v) is 5.14. The second-order valence-corrected chi connectivity index (χ2v) is 7.12. The summed E-state index contributed by atoms with van der Waals surface area (Å²) in [5.74, 6) is 0.576. The van der Waals surface area contributed by atoms with Crippen LogP contribution >= 0.6 is 15.9 Å². The fourth-order valence-corrected chi connectivity index (χ4v) is 3.53. The van der Waals surface area contributed by atoms with Crippen LogP contribution in [-0.2, 0) is 0 Å². The van der Waals surface area contributed by atoms with E-state index in [1.807, 2.05) is 18.2 Å². The number of nitrogens with zero attached hydrogens (tertiary/aromatic N) is 1. The van der Waals surface area contributed by atoms with E-state index in [1.54, 1.807) is 30.2 Å². The molecule has 0 spiro atoms.